The first-order valence-corrected chi connectivity index (χ1v) is 6.29. The van der Waals surface area contributed by atoms with Crippen LogP contribution in [0.2, 0.25) is 0 Å². The van der Waals surface area contributed by atoms with Gasteiger partial charge in [-0.3, -0.25) is 9.59 Å². The monoisotopic (exact) mass is 254 g/mol. The molecule has 19 heavy (non-hydrogen) atoms. The van der Waals surface area contributed by atoms with E-state index < -0.39 is 0 Å². The van der Waals surface area contributed by atoms with Gasteiger partial charge in [-0.05, 0) is 16.8 Å². The van der Waals surface area contributed by atoms with Crippen molar-refractivity contribution in [1.82, 2.24) is 10.2 Å². The Morgan fingerprint density at radius 2 is 1.89 bits per heavy atom. The third kappa shape index (κ3) is 2.17. The van der Waals surface area contributed by atoms with Gasteiger partial charge in [-0.15, -0.1) is 0 Å². The van der Waals surface area contributed by atoms with Crippen molar-refractivity contribution >= 4 is 22.6 Å². The highest BCUT2D eigenvalue weighted by atomic mass is 16.2. The minimum absolute atomic E-state index is 0.0772. The van der Waals surface area contributed by atoms with E-state index in [1.165, 1.54) is 0 Å². The lowest BCUT2D eigenvalue weighted by Crippen LogP contribution is -2.50. The van der Waals surface area contributed by atoms with E-state index in [9.17, 15) is 9.59 Å². The Kier molecular flexibility index (Phi) is 2.91. The molecule has 1 saturated heterocycles. The number of carbonyl (C=O) groups excluding carboxylic acids is 2. The number of hydrogen-bond acceptors (Lipinski definition) is 2. The molecule has 1 aliphatic heterocycles. The third-order valence-corrected chi connectivity index (χ3v) is 3.35. The Hall–Kier alpha value is -2.36. The van der Waals surface area contributed by atoms with E-state index in [2.05, 4.69) is 5.32 Å². The maximum Gasteiger partial charge on any atom is 0.255 e. The van der Waals surface area contributed by atoms with Crippen LogP contribution in [0.25, 0.3) is 10.8 Å². The lowest BCUT2D eigenvalue weighted by Gasteiger charge is -2.27. The summed E-state index contributed by atoms with van der Waals surface area (Å²) in [5.74, 6) is -0.175. The van der Waals surface area contributed by atoms with Crippen LogP contribution >= 0.6 is 0 Å². The number of piperazine rings is 1. The summed E-state index contributed by atoms with van der Waals surface area (Å²) in [5.41, 5.74) is 0.660. The molecule has 0 bridgehead atoms. The Balaban J connectivity index is 1.99. The maximum absolute atomic E-state index is 12.5. The van der Waals surface area contributed by atoms with Gasteiger partial charge in [0.25, 0.3) is 5.91 Å². The molecule has 0 aromatic heterocycles. The summed E-state index contributed by atoms with van der Waals surface area (Å²) >= 11 is 0. The van der Waals surface area contributed by atoms with Crippen molar-refractivity contribution < 1.29 is 9.59 Å². The van der Waals surface area contributed by atoms with Gasteiger partial charge in [-0.2, -0.15) is 0 Å². The molecular weight excluding hydrogens is 240 g/mol. The van der Waals surface area contributed by atoms with Crippen molar-refractivity contribution in [2.75, 3.05) is 19.6 Å². The van der Waals surface area contributed by atoms with Crippen molar-refractivity contribution in [3.63, 3.8) is 0 Å². The highest BCUT2D eigenvalue weighted by Gasteiger charge is 2.23. The zero-order chi connectivity index (χ0) is 13.2. The predicted octanol–water partition coefficient (Wildman–Crippen LogP) is 1.41. The van der Waals surface area contributed by atoms with Crippen LogP contribution in [0, 0.1) is 0 Å². The van der Waals surface area contributed by atoms with Gasteiger partial charge in [0, 0.05) is 18.7 Å². The Morgan fingerprint density at radius 3 is 2.74 bits per heavy atom. The number of nitrogens with one attached hydrogen (secondary N) is 1. The van der Waals surface area contributed by atoms with Gasteiger partial charge < -0.3 is 10.2 Å². The molecule has 0 atom stereocenters. The van der Waals surface area contributed by atoms with Gasteiger partial charge >= 0.3 is 0 Å². The molecule has 0 spiro atoms. The second-order valence-corrected chi connectivity index (χ2v) is 4.60. The average molecular weight is 254 g/mol. The van der Waals surface area contributed by atoms with E-state index in [1.807, 2.05) is 42.5 Å². The zero-order valence-corrected chi connectivity index (χ0v) is 10.4. The molecule has 96 valence electrons. The summed E-state index contributed by atoms with van der Waals surface area (Å²) in [5, 5.41) is 4.69. The minimum atomic E-state index is -0.0974. The van der Waals surface area contributed by atoms with Crippen molar-refractivity contribution in [2.24, 2.45) is 0 Å². The second kappa shape index (κ2) is 4.72. The molecule has 3 rings (SSSR count). The van der Waals surface area contributed by atoms with Gasteiger partial charge in [-0.1, -0.05) is 36.4 Å². The molecule has 1 fully saturated rings. The summed E-state index contributed by atoms with van der Waals surface area (Å²) in [4.78, 5) is 25.5. The first-order valence-electron chi connectivity index (χ1n) is 6.29. The van der Waals surface area contributed by atoms with E-state index in [0.29, 0.717) is 18.7 Å². The lowest BCUT2D eigenvalue weighted by molar-refractivity contribution is -0.123. The van der Waals surface area contributed by atoms with Crippen LogP contribution in [0.3, 0.4) is 0 Å². The highest BCUT2D eigenvalue weighted by Crippen LogP contribution is 2.20. The lowest BCUT2D eigenvalue weighted by atomic mass is 10.0. The molecule has 2 amide bonds. The first kappa shape index (κ1) is 11.7. The molecule has 0 unspecified atom stereocenters. The van der Waals surface area contributed by atoms with Gasteiger partial charge in [0.1, 0.15) is 0 Å². The molecule has 0 radical (unpaired) electrons. The van der Waals surface area contributed by atoms with Crippen LogP contribution in [-0.4, -0.2) is 36.3 Å². The number of fused-ring (bicyclic) bond motifs is 1. The van der Waals surface area contributed by atoms with Crippen molar-refractivity contribution in [1.29, 1.82) is 0 Å². The van der Waals surface area contributed by atoms with Gasteiger partial charge in [-0.25, -0.2) is 0 Å². The van der Waals surface area contributed by atoms with Gasteiger partial charge in [0.05, 0.1) is 6.54 Å². The van der Waals surface area contributed by atoms with Crippen molar-refractivity contribution in [2.45, 2.75) is 0 Å². The molecule has 1 aliphatic rings. The topological polar surface area (TPSA) is 49.4 Å². The number of carbonyl (C=O) groups is 2. The quantitative estimate of drug-likeness (QED) is 0.836. The molecule has 2 aromatic rings. The predicted molar refractivity (Wildman–Crippen MR) is 72.9 cm³/mol. The van der Waals surface area contributed by atoms with Crippen LogP contribution in [0.5, 0.6) is 0 Å². The molecule has 2 aromatic carbocycles. The van der Waals surface area contributed by atoms with E-state index in [4.69, 9.17) is 0 Å². The van der Waals surface area contributed by atoms with Gasteiger partial charge in [0.2, 0.25) is 5.91 Å². The molecule has 0 saturated carbocycles. The first-order chi connectivity index (χ1) is 9.25. The third-order valence-electron chi connectivity index (χ3n) is 3.35. The average Bonchev–Trinajstić information content (AvgIpc) is 2.46. The minimum Gasteiger partial charge on any atom is -0.353 e. The Morgan fingerprint density at radius 1 is 1.11 bits per heavy atom. The summed E-state index contributed by atoms with van der Waals surface area (Å²) < 4.78 is 0. The van der Waals surface area contributed by atoms with E-state index in [1.54, 1.807) is 4.90 Å². The van der Waals surface area contributed by atoms with Crippen molar-refractivity contribution in [3.05, 3.63) is 48.0 Å². The number of benzene rings is 2. The molecule has 0 aliphatic carbocycles. The molecular formula is C15H14N2O2. The standard InChI is InChI=1S/C15H14N2O2/c18-14-10-17(9-8-16-14)15(19)13-7-3-5-11-4-1-2-6-12(11)13/h1-7H,8-10H2,(H,16,18). The Bertz CT molecular complexity index is 646. The molecule has 1 N–H and O–H groups in total. The SMILES string of the molecule is O=C1CN(C(=O)c2cccc3ccccc23)CCN1. The van der Waals surface area contributed by atoms with Crippen molar-refractivity contribution in [3.8, 4) is 0 Å². The van der Waals surface area contributed by atoms with Crippen LogP contribution < -0.4 is 5.32 Å². The smallest absolute Gasteiger partial charge is 0.255 e. The fraction of sp³-hybridized carbons (Fsp3) is 0.200. The number of nitrogens with zero attached hydrogens (tertiary/aromatic N) is 1. The summed E-state index contributed by atoms with van der Waals surface area (Å²) in [6.45, 7) is 1.23. The summed E-state index contributed by atoms with van der Waals surface area (Å²) in [6, 6.07) is 13.5. The summed E-state index contributed by atoms with van der Waals surface area (Å²) in [7, 11) is 0. The fourth-order valence-corrected chi connectivity index (χ4v) is 2.39. The zero-order valence-electron chi connectivity index (χ0n) is 10.4. The Labute approximate surface area is 111 Å². The van der Waals surface area contributed by atoms with Crippen LogP contribution in [-0.2, 0) is 4.79 Å². The largest absolute Gasteiger partial charge is 0.353 e. The number of amides is 2. The van der Waals surface area contributed by atoms with E-state index in [-0.39, 0.29) is 18.4 Å². The van der Waals surface area contributed by atoms with Crippen LogP contribution in [0.4, 0.5) is 0 Å². The second-order valence-electron chi connectivity index (χ2n) is 4.60. The highest BCUT2D eigenvalue weighted by molar-refractivity contribution is 6.07. The van der Waals surface area contributed by atoms with Crippen LogP contribution in [0.1, 0.15) is 10.4 Å². The molecule has 4 nitrogen and oxygen atoms in total. The van der Waals surface area contributed by atoms with E-state index >= 15 is 0 Å². The summed E-state index contributed by atoms with van der Waals surface area (Å²) in [6.07, 6.45) is 0. The molecule has 4 heteroatoms. The van der Waals surface area contributed by atoms with Crippen LogP contribution in [0.15, 0.2) is 42.5 Å². The normalized spacial score (nSPS) is 15.4. The van der Waals surface area contributed by atoms with E-state index in [0.717, 1.165) is 10.8 Å². The number of hydrogen-bond donors (Lipinski definition) is 1. The maximum atomic E-state index is 12.5. The molecule has 1 heterocycles. The number of rotatable bonds is 1. The fourth-order valence-electron chi connectivity index (χ4n) is 2.39. The van der Waals surface area contributed by atoms with Gasteiger partial charge in [0.15, 0.2) is 0 Å².